The minimum absolute atomic E-state index is 0.179. The van der Waals surface area contributed by atoms with Gasteiger partial charge in [-0.3, -0.25) is 0 Å². The second kappa shape index (κ2) is 6.20. The summed E-state index contributed by atoms with van der Waals surface area (Å²) in [6.45, 7) is 3.46. The van der Waals surface area contributed by atoms with Crippen molar-refractivity contribution in [3.8, 4) is 0 Å². The number of benzene rings is 1. The molecule has 0 aliphatic carbocycles. The topological polar surface area (TPSA) is 49.4 Å². The molecule has 0 bridgehead atoms. The average molecular weight is 300 g/mol. The van der Waals surface area contributed by atoms with Crippen LogP contribution in [-0.2, 0) is 16.6 Å². The van der Waals surface area contributed by atoms with E-state index in [-0.39, 0.29) is 10.7 Å². The molecular formula is C14H21FN2O2S. The minimum atomic E-state index is -3.51. The predicted octanol–water partition coefficient (Wildman–Crippen LogP) is 1.97. The molecule has 20 heavy (non-hydrogen) atoms. The lowest BCUT2D eigenvalue weighted by atomic mass is 10.0. The van der Waals surface area contributed by atoms with Gasteiger partial charge in [-0.1, -0.05) is 6.92 Å². The van der Waals surface area contributed by atoms with E-state index in [1.807, 2.05) is 0 Å². The Balaban J connectivity index is 2.31. The molecule has 0 aromatic heterocycles. The molecule has 1 aromatic carbocycles. The van der Waals surface area contributed by atoms with Gasteiger partial charge in [-0.2, -0.15) is 4.31 Å². The number of nitrogens with one attached hydrogen (secondary N) is 1. The van der Waals surface area contributed by atoms with Gasteiger partial charge in [-0.05, 0) is 44.0 Å². The molecule has 1 aromatic rings. The Morgan fingerprint density at radius 1 is 1.45 bits per heavy atom. The van der Waals surface area contributed by atoms with Crippen molar-refractivity contribution in [3.05, 3.63) is 29.6 Å². The number of hydrogen-bond acceptors (Lipinski definition) is 3. The van der Waals surface area contributed by atoms with Crippen LogP contribution in [0.1, 0.15) is 25.3 Å². The van der Waals surface area contributed by atoms with E-state index < -0.39 is 10.0 Å². The molecule has 1 N–H and O–H groups in total. The highest BCUT2D eigenvalue weighted by molar-refractivity contribution is 7.89. The van der Waals surface area contributed by atoms with E-state index in [0.717, 1.165) is 12.8 Å². The van der Waals surface area contributed by atoms with Crippen LogP contribution in [0.25, 0.3) is 0 Å². The molecule has 4 nitrogen and oxygen atoms in total. The van der Waals surface area contributed by atoms with Crippen molar-refractivity contribution in [2.24, 2.45) is 5.92 Å². The Morgan fingerprint density at radius 2 is 2.20 bits per heavy atom. The van der Waals surface area contributed by atoms with Crippen molar-refractivity contribution in [2.75, 3.05) is 20.1 Å². The van der Waals surface area contributed by atoms with Crippen LogP contribution in [0.3, 0.4) is 0 Å². The monoisotopic (exact) mass is 300 g/mol. The number of hydrogen-bond donors (Lipinski definition) is 1. The van der Waals surface area contributed by atoms with Crippen molar-refractivity contribution in [1.82, 2.24) is 9.62 Å². The smallest absolute Gasteiger partial charge is 0.243 e. The second-order valence-electron chi connectivity index (χ2n) is 5.39. The molecular weight excluding hydrogens is 279 g/mol. The summed E-state index contributed by atoms with van der Waals surface area (Å²) < 4.78 is 40.3. The summed E-state index contributed by atoms with van der Waals surface area (Å²) in [5.74, 6) is -0.0129. The van der Waals surface area contributed by atoms with Gasteiger partial charge in [0.05, 0.1) is 4.90 Å². The average Bonchev–Trinajstić information content (AvgIpc) is 2.41. The quantitative estimate of drug-likeness (QED) is 0.925. The first-order valence-corrected chi connectivity index (χ1v) is 8.32. The summed E-state index contributed by atoms with van der Waals surface area (Å²) in [6.07, 6.45) is 1.94. The first-order chi connectivity index (χ1) is 9.45. The normalized spacial score (nSPS) is 21.1. The Kier molecular flexibility index (Phi) is 4.78. The first-order valence-electron chi connectivity index (χ1n) is 6.88. The Hall–Kier alpha value is -0.980. The van der Waals surface area contributed by atoms with Crippen LogP contribution in [0.4, 0.5) is 4.39 Å². The number of halogens is 1. The number of nitrogens with zero attached hydrogens (tertiary/aromatic N) is 1. The van der Waals surface area contributed by atoms with E-state index in [2.05, 4.69) is 12.2 Å². The standard InChI is InChI=1S/C14H21FN2O2S/c1-11-4-3-7-17(10-11)20(18,19)13-5-6-14(15)12(8-13)9-16-2/h5-6,8,11,16H,3-4,7,9-10H2,1-2H3. The fourth-order valence-electron chi connectivity index (χ4n) is 2.55. The minimum Gasteiger partial charge on any atom is -0.316 e. The molecule has 1 aliphatic heterocycles. The van der Waals surface area contributed by atoms with Crippen molar-refractivity contribution >= 4 is 10.0 Å². The number of piperidine rings is 1. The fourth-order valence-corrected chi connectivity index (χ4v) is 4.20. The third-order valence-electron chi connectivity index (χ3n) is 3.64. The van der Waals surface area contributed by atoms with Crippen molar-refractivity contribution in [3.63, 3.8) is 0 Å². The zero-order chi connectivity index (χ0) is 14.8. The lowest BCUT2D eigenvalue weighted by Crippen LogP contribution is -2.39. The fraction of sp³-hybridized carbons (Fsp3) is 0.571. The lowest BCUT2D eigenvalue weighted by molar-refractivity contribution is 0.281. The van der Waals surface area contributed by atoms with Gasteiger partial charge in [0.1, 0.15) is 5.82 Å². The molecule has 112 valence electrons. The molecule has 1 unspecified atom stereocenters. The van der Waals surface area contributed by atoms with Gasteiger partial charge in [0.25, 0.3) is 0 Å². The predicted molar refractivity (Wildman–Crippen MR) is 76.3 cm³/mol. The molecule has 1 atom stereocenters. The summed E-state index contributed by atoms with van der Waals surface area (Å²) in [5, 5.41) is 2.84. The van der Waals surface area contributed by atoms with Gasteiger partial charge in [0.15, 0.2) is 0 Å². The van der Waals surface area contributed by atoms with Gasteiger partial charge in [0.2, 0.25) is 10.0 Å². The highest BCUT2D eigenvalue weighted by Crippen LogP contribution is 2.24. The number of rotatable bonds is 4. The van der Waals surface area contributed by atoms with Crippen LogP contribution < -0.4 is 5.32 Å². The third-order valence-corrected chi connectivity index (χ3v) is 5.50. The summed E-state index contributed by atoms with van der Waals surface area (Å²) in [6, 6.07) is 4.01. The van der Waals surface area contributed by atoms with Gasteiger partial charge < -0.3 is 5.32 Å². The van der Waals surface area contributed by atoms with E-state index in [0.29, 0.717) is 31.1 Å². The molecule has 0 spiro atoms. The van der Waals surface area contributed by atoms with Crippen molar-refractivity contribution in [2.45, 2.75) is 31.2 Å². The van der Waals surface area contributed by atoms with Crippen LogP contribution >= 0.6 is 0 Å². The molecule has 0 radical (unpaired) electrons. The number of sulfonamides is 1. The van der Waals surface area contributed by atoms with Gasteiger partial charge in [-0.25, -0.2) is 12.8 Å². The molecule has 0 saturated carbocycles. The van der Waals surface area contributed by atoms with E-state index >= 15 is 0 Å². The maximum atomic E-state index is 13.6. The molecule has 6 heteroatoms. The maximum Gasteiger partial charge on any atom is 0.243 e. The van der Waals surface area contributed by atoms with E-state index in [9.17, 15) is 12.8 Å². The zero-order valence-corrected chi connectivity index (χ0v) is 12.7. The SMILES string of the molecule is CNCc1cc(S(=O)(=O)N2CCCC(C)C2)ccc1F. The summed E-state index contributed by atoms with van der Waals surface area (Å²) in [4.78, 5) is 0.179. The molecule has 1 saturated heterocycles. The van der Waals surface area contributed by atoms with Crippen LogP contribution in [0.15, 0.2) is 23.1 Å². The molecule has 1 heterocycles. The van der Waals surface area contributed by atoms with E-state index in [1.54, 1.807) is 7.05 Å². The molecule has 0 amide bonds. The van der Waals surface area contributed by atoms with E-state index in [1.165, 1.54) is 22.5 Å². The Labute approximate surface area is 120 Å². The van der Waals surface area contributed by atoms with Crippen molar-refractivity contribution in [1.29, 1.82) is 0 Å². The van der Waals surface area contributed by atoms with Gasteiger partial charge >= 0.3 is 0 Å². The van der Waals surface area contributed by atoms with Crippen LogP contribution in [0.2, 0.25) is 0 Å². The highest BCUT2D eigenvalue weighted by Gasteiger charge is 2.29. The third kappa shape index (κ3) is 3.19. The van der Waals surface area contributed by atoms with Crippen LogP contribution in [0.5, 0.6) is 0 Å². The Morgan fingerprint density at radius 3 is 2.85 bits per heavy atom. The van der Waals surface area contributed by atoms with Crippen LogP contribution in [0, 0.1) is 11.7 Å². The molecule has 2 rings (SSSR count). The Bertz CT molecular complexity index is 575. The van der Waals surface area contributed by atoms with Gasteiger partial charge in [0, 0.05) is 25.2 Å². The van der Waals surface area contributed by atoms with Gasteiger partial charge in [-0.15, -0.1) is 0 Å². The molecule has 1 fully saturated rings. The summed E-state index contributed by atoms with van der Waals surface area (Å²) in [7, 11) is -1.81. The van der Waals surface area contributed by atoms with Crippen LogP contribution in [-0.4, -0.2) is 32.9 Å². The second-order valence-corrected chi connectivity index (χ2v) is 7.33. The first kappa shape index (κ1) is 15.4. The lowest BCUT2D eigenvalue weighted by Gasteiger charge is -2.30. The van der Waals surface area contributed by atoms with E-state index in [4.69, 9.17) is 0 Å². The highest BCUT2D eigenvalue weighted by atomic mass is 32.2. The zero-order valence-electron chi connectivity index (χ0n) is 11.9. The largest absolute Gasteiger partial charge is 0.316 e. The summed E-state index contributed by atoms with van der Waals surface area (Å²) in [5.41, 5.74) is 0.374. The maximum absolute atomic E-state index is 13.6. The summed E-state index contributed by atoms with van der Waals surface area (Å²) >= 11 is 0. The van der Waals surface area contributed by atoms with Crippen molar-refractivity contribution < 1.29 is 12.8 Å². The molecule has 1 aliphatic rings.